The summed E-state index contributed by atoms with van der Waals surface area (Å²) < 4.78 is 13.2. The van der Waals surface area contributed by atoms with Crippen LogP contribution in [0.4, 0.5) is 10.2 Å². The Labute approximate surface area is 175 Å². The zero-order chi connectivity index (χ0) is 20.5. The van der Waals surface area contributed by atoms with Crippen molar-refractivity contribution in [2.45, 2.75) is 6.54 Å². The lowest BCUT2D eigenvalue weighted by atomic mass is 10.1. The van der Waals surface area contributed by atoms with Crippen LogP contribution in [-0.4, -0.2) is 51.0 Å². The fraction of sp³-hybridized carbons (Fsp3) is 0.238. The average Bonchev–Trinajstić information content (AvgIpc) is 3.20. The smallest absolute Gasteiger partial charge is 0.260 e. The molecule has 0 saturated carbocycles. The van der Waals surface area contributed by atoms with Crippen molar-refractivity contribution in [1.82, 2.24) is 24.8 Å². The minimum atomic E-state index is -0.299. The van der Waals surface area contributed by atoms with Crippen LogP contribution in [0.15, 0.2) is 53.0 Å². The summed E-state index contributed by atoms with van der Waals surface area (Å²) in [7, 11) is 0. The van der Waals surface area contributed by atoms with Gasteiger partial charge in [-0.25, -0.2) is 14.4 Å². The quantitative estimate of drug-likeness (QED) is 0.545. The van der Waals surface area contributed by atoms with Gasteiger partial charge in [-0.15, -0.1) is 11.3 Å². The average molecular weight is 422 g/mol. The van der Waals surface area contributed by atoms with Crippen LogP contribution >= 0.6 is 11.3 Å². The minimum absolute atomic E-state index is 0.159. The number of rotatable bonds is 4. The Kier molecular flexibility index (Phi) is 4.97. The summed E-state index contributed by atoms with van der Waals surface area (Å²) in [5, 5.41) is 2.46. The van der Waals surface area contributed by atoms with E-state index in [1.165, 1.54) is 23.5 Å². The van der Waals surface area contributed by atoms with E-state index in [0.717, 1.165) is 43.1 Å². The lowest BCUT2D eigenvalue weighted by Crippen LogP contribution is -2.46. The number of aromatic amines is 1. The number of halogens is 1. The molecule has 1 aromatic carbocycles. The Balaban J connectivity index is 1.33. The van der Waals surface area contributed by atoms with Crippen molar-refractivity contribution in [2.75, 3.05) is 31.1 Å². The Morgan fingerprint density at radius 3 is 2.63 bits per heavy atom. The molecule has 0 aliphatic carbocycles. The Hall–Kier alpha value is -3.17. The number of H-pyrrole nitrogens is 1. The van der Waals surface area contributed by atoms with Gasteiger partial charge in [0.05, 0.1) is 18.1 Å². The highest BCUT2D eigenvalue weighted by Crippen LogP contribution is 2.30. The van der Waals surface area contributed by atoms with Gasteiger partial charge in [0.1, 0.15) is 22.3 Å². The molecule has 0 atom stereocenters. The predicted molar refractivity (Wildman–Crippen MR) is 115 cm³/mol. The van der Waals surface area contributed by atoms with E-state index in [1.807, 2.05) is 5.38 Å². The number of aromatic nitrogens is 4. The predicted octanol–water partition coefficient (Wildman–Crippen LogP) is 2.90. The maximum absolute atomic E-state index is 13.2. The highest BCUT2D eigenvalue weighted by atomic mass is 32.1. The van der Waals surface area contributed by atoms with Gasteiger partial charge in [0.15, 0.2) is 0 Å². The molecule has 152 valence electrons. The van der Waals surface area contributed by atoms with Gasteiger partial charge in [0, 0.05) is 49.5 Å². The van der Waals surface area contributed by atoms with Gasteiger partial charge in [-0.3, -0.25) is 14.7 Å². The molecule has 0 radical (unpaired) electrons. The van der Waals surface area contributed by atoms with E-state index in [4.69, 9.17) is 0 Å². The van der Waals surface area contributed by atoms with Gasteiger partial charge in [0.2, 0.25) is 0 Å². The summed E-state index contributed by atoms with van der Waals surface area (Å²) >= 11 is 1.43. The van der Waals surface area contributed by atoms with Crippen molar-refractivity contribution in [1.29, 1.82) is 0 Å². The van der Waals surface area contributed by atoms with Gasteiger partial charge in [0.25, 0.3) is 5.56 Å². The first-order valence-electron chi connectivity index (χ1n) is 9.67. The fourth-order valence-electron chi connectivity index (χ4n) is 3.71. The molecular weight excluding hydrogens is 403 g/mol. The number of fused-ring (bicyclic) bond motifs is 1. The molecule has 0 bridgehead atoms. The molecule has 7 nitrogen and oxygen atoms in total. The van der Waals surface area contributed by atoms with Crippen LogP contribution in [0.2, 0.25) is 0 Å². The number of nitrogens with zero attached hydrogens (tertiary/aromatic N) is 5. The Bertz CT molecular complexity index is 1220. The SMILES string of the molecule is O=c1[nH]c(CN2CCN(c3cnccn3)CC2)nc2scc(-c3ccc(F)cc3)c12. The first kappa shape index (κ1) is 18.8. The summed E-state index contributed by atoms with van der Waals surface area (Å²) in [5.41, 5.74) is 1.43. The molecule has 5 rings (SSSR count). The van der Waals surface area contributed by atoms with Gasteiger partial charge >= 0.3 is 0 Å². The normalized spacial score (nSPS) is 15.0. The Morgan fingerprint density at radius 2 is 1.90 bits per heavy atom. The second-order valence-corrected chi connectivity index (χ2v) is 8.03. The summed E-state index contributed by atoms with van der Waals surface area (Å²) in [6.07, 6.45) is 5.15. The van der Waals surface area contributed by atoms with Gasteiger partial charge in [-0.1, -0.05) is 12.1 Å². The summed E-state index contributed by atoms with van der Waals surface area (Å²) in [6, 6.07) is 6.16. The standard InChI is InChI=1S/C21H19FN6OS/c22-15-3-1-14(2-4-15)16-13-30-21-19(16)20(29)25-17(26-21)12-27-7-9-28(10-8-27)18-11-23-5-6-24-18/h1-6,11,13H,7-10,12H2,(H,25,26,29). The molecule has 3 aromatic heterocycles. The zero-order valence-electron chi connectivity index (χ0n) is 16.1. The van der Waals surface area contributed by atoms with Crippen LogP contribution in [0, 0.1) is 5.82 Å². The van der Waals surface area contributed by atoms with Gasteiger partial charge < -0.3 is 9.88 Å². The molecule has 4 heterocycles. The number of nitrogens with one attached hydrogen (secondary N) is 1. The van der Waals surface area contributed by atoms with Crippen molar-refractivity contribution in [2.24, 2.45) is 0 Å². The molecule has 1 saturated heterocycles. The number of hydrogen-bond donors (Lipinski definition) is 1. The van der Waals surface area contributed by atoms with Crippen molar-refractivity contribution < 1.29 is 4.39 Å². The second-order valence-electron chi connectivity index (χ2n) is 7.18. The second kappa shape index (κ2) is 7.92. The molecule has 9 heteroatoms. The third kappa shape index (κ3) is 3.69. The largest absolute Gasteiger partial charge is 0.353 e. The molecule has 1 N–H and O–H groups in total. The van der Waals surface area contributed by atoms with Crippen molar-refractivity contribution in [3.8, 4) is 11.1 Å². The molecule has 30 heavy (non-hydrogen) atoms. The van der Waals surface area contributed by atoms with E-state index in [2.05, 4.69) is 29.7 Å². The van der Waals surface area contributed by atoms with E-state index in [0.29, 0.717) is 22.6 Å². The summed E-state index contributed by atoms with van der Waals surface area (Å²) in [6.45, 7) is 3.98. The molecule has 1 fully saturated rings. The molecule has 0 spiro atoms. The maximum Gasteiger partial charge on any atom is 0.260 e. The maximum atomic E-state index is 13.2. The molecule has 0 amide bonds. The van der Waals surface area contributed by atoms with E-state index in [-0.39, 0.29) is 11.4 Å². The lowest BCUT2D eigenvalue weighted by Gasteiger charge is -2.34. The Morgan fingerprint density at radius 1 is 1.10 bits per heavy atom. The highest BCUT2D eigenvalue weighted by molar-refractivity contribution is 7.17. The number of thiophene rings is 1. The topological polar surface area (TPSA) is 78.0 Å². The summed E-state index contributed by atoms with van der Waals surface area (Å²) in [5.74, 6) is 1.25. The van der Waals surface area contributed by atoms with E-state index in [1.54, 1.807) is 30.7 Å². The van der Waals surface area contributed by atoms with Crippen LogP contribution in [-0.2, 0) is 6.54 Å². The fourth-order valence-corrected chi connectivity index (χ4v) is 4.68. The monoisotopic (exact) mass is 422 g/mol. The van der Waals surface area contributed by atoms with Crippen LogP contribution < -0.4 is 10.5 Å². The minimum Gasteiger partial charge on any atom is -0.353 e. The number of benzene rings is 1. The number of piperazine rings is 1. The highest BCUT2D eigenvalue weighted by Gasteiger charge is 2.20. The van der Waals surface area contributed by atoms with Gasteiger partial charge in [-0.05, 0) is 17.7 Å². The van der Waals surface area contributed by atoms with E-state index < -0.39 is 0 Å². The molecule has 4 aromatic rings. The molecular formula is C21H19FN6OS. The third-order valence-electron chi connectivity index (χ3n) is 5.27. The van der Waals surface area contributed by atoms with Crippen molar-refractivity contribution >= 4 is 27.4 Å². The van der Waals surface area contributed by atoms with E-state index >= 15 is 0 Å². The molecule has 1 aliphatic rings. The third-order valence-corrected chi connectivity index (χ3v) is 6.14. The zero-order valence-corrected chi connectivity index (χ0v) is 16.9. The number of hydrogen-bond acceptors (Lipinski definition) is 7. The van der Waals surface area contributed by atoms with E-state index in [9.17, 15) is 9.18 Å². The molecule has 1 aliphatic heterocycles. The van der Waals surface area contributed by atoms with Crippen LogP contribution in [0.1, 0.15) is 5.82 Å². The van der Waals surface area contributed by atoms with Crippen molar-refractivity contribution in [3.63, 3.8) is 0 Å². The first-order chi connectivity index (χ1) is 14.7. The van der Waals surface area contributed by atoms with Crippen LogP contribution in [0.25, 0.3) is 21.3 Å². The van der Waals surface area contributed by atoms with Crippen molar-refractivity contribution in [3.05, 3.63) is 70.2 Å². The summed E-state index contributed by atoms with van der Waals surface area (Å²) in [4.78, 5) is 34.1. The first-order valence-corrected chi connectivity index (χ1v) is 10.5. The van der Waals surface area contributed by atoms with Crippen LogP contribution in [0.3, 0.4) is 0 Å². The molecule has 0 unspecified atom stereocenters. The lowest BCUT2D eigenvalue weighted by molar-refractivity contribution is 0.243. The number of anilines is 1. The van der Waals surface area contributed by atoms with Crippen LogP contribution in [0.5, 0.6) is 0 Å². The van der Waals surface area contributed by atoms with Gasteiger partial charge in [-0.2, -0.15) is 0 Å².